The standard InChI is InChI=1S/C9H5BrIN3OS/c10-5-2-1-3-12-8(5)16-9-6(11)7(15)13-4-14-9/h1-4H,(H,13,14,15). The third kappa shape index (κ3) is 2.64. The van der Waals surface area contributed by atoms with Gasteiger partial charge in [0.05, 0.1) is 10.8 Å². The van der Waals surface area contributed by atoms with Crippen molar-refractivity contribution in [2.45, 2.75) is 10.1 Å². The first-order valence-corrected chi connectivity index (χ1v) is 6.89. The smallest absolute Gasteiger partial charge is 0.265 e. The van der Waals surface area contributed by atoms with Crippen molar-refractivity contribution in [3.63, 3.8) is 0 Å². The minimum atomic E-state index is -0.134. The molecule has 7 heteroatoms. The lowest BCUT2D eigenvalue weighted by Gasteiger charge is -2.02. The number of hydrogen-bond acceptors (Lipinski definition) is 4. The molecule has 2 aromatic rings. The van der Waals surface area contributed by atoms with E-state index in [4.69, 9.17) is 0 Å². The first-order valence-electron chi connectivity index (χ1n) is 4.20. The van der Waals surface area contributed by atoms with Crippen molar-refractivity contribution >= 4 is 50.3 Å². The molecule has 16 heavy (non-hydrogen) atoms. The van der Waals surface area contributed by atoms with Gasteiger partial charge in [-0.15, -0.1) is 0 Å². The van der Waals surface area contributed by atoms with E-state index in [9.17, 15) is 4.79 Å². The number of nitrogens with zero attached hydrogens (tertiary/aromatic N) is 2. The second-order valence-electron chi connectivity index (χ2n) is 2.74. The Morgan fingerprint density at radius 3 is 2.94 bits per heavy atom. The van der Waals surface area contributed by atoms with E-state index >= 15 is 0 Å². The van der Waals surface area contributed by atoms with Gasteiger partial charge in [0.1, 0.15) is 13.6 Å². The fraction of sp³-hybridized carbons (Fsp3) is 0. The van der Waals surface area contributed by atoms with Crippen LogP contribution < -0.4 is 5.56 Å². The fourth-order valence-electron chi connectivity index (χ4n) is 0.976. The van der Waals surface area contributed by atoms with Gasteiger partial charge in [-0.25, -0.2) is 9.97 Å². The van der Waals surface area contributed by atoms with Gasteiger partial charge in [0.2, 0.25) is 0 Å². The van der Waals surface area contributed by atoms with Gasteiger partial charge in [-0.3, -0.25) is 4.79 Å². The highest BCUT2D eigenvalue weighted by Crippen LogP contribution is 2.31. The summed E-state index contributed by atoms with van der Waals surface area (Å²) in [4.78, 5) is 22.2. The van der Waals surface area contributed by atoms with E-state index < -0.39 is 0 Å². The summed E-state index contributed by atoms with van der Waals surface area (Å²) in [7, 11) is 0. The molecule has 0 atom stereocenters. The lowest BCUT2D eigenvalue weighted by atomic mass is 10.5. The molecule has 0 aliphatic heterocycles. The Bertz CT molecular complexity index is 575. The number of hydrogen-bond donors (Lipinski definition) is 1. The van der Waals surface area contributed by atoms with Gasteiger partial charge in [-0.05, 0) is 62.4 Å². The van der Waals surface area contributed by atoms with Crippen LogP contribution in [0, 0.1) is 3.57 Å². The molecule has 2 aromatic heterocycles. The molecule has 0 spiro atoms. The molecular weight excluding hydrogens is 405 g/mol. The minimum Gasteiger partial charge on any atom is -0.312 e. The number of pyridine rings is 1. The first kappa shape index (κ1) is 12.1. The summed E-state index contributed by atoms with van der Waals surface area (Å²) >= 11 is 6.73. The number of H-pyrrole nitrogens is 1. The Labute approximate surface area is 118 Å². The number of aromatic amines is 1. The van der Waals surface area contributed by atoms with Crippen LogP contribution in [0.25, 0.3) is 0 Å². The predicted octanol–water partition coefficient (Wildman–Crippen LogP) is 2.68. The first-order chi connectivity index (χ1) is 7.68. The van der Waals surface area contributed by atoms with Gasteiger partial charge in [0.25, 0.3) is 5.56 Å². The van der Waals surface area contributed by atoms with Crippen molar-refractivity contribution in [3.8, 4) is 0 Å². The van der Waals surface area contributed by atoms with Crippen molar-refractivity contribution in [3.05, 3.63) is 43.1 Å². The second kappa shape index (κ2) is 5.28. The van der Waals surface area contributed by atoms with Crippen LogP contribution in [0.2, 0.25) is 0 Å². The van der Waals surface area contributed by atoms with Crippen LogP contribution >= 0.6 is 50.3 Å². The SMILES string of the molecule is O=c1[nH]cnc(Sc2ncccc2Br)c1I. The Morgan fingerprint density at radius 2 is 2.19 bits per heavy atom. The van der Waals surface area contributed by atoms with Crippen molar-refractivity contribution in [2.24, 2.45) is 0 Å². The van der Waals surface area contributed by atoms with Gasteiger partial charge in [-0.1, -0.05) is 0 Å². The molecule has 82 valence electrons. The van der Waals surface area contributed by atoms with E-state index in [2.05, 4.69) is 30.9 Å². The number of rotatable bonds is 2. The van der Waals surface area contributed by atoms with Gasteiger partial charge in [0, 0.05) is 6.20 Å². The van der Waals surface area contributed by atoms with Crippen LogP contribution in [-0.2, 0) is 0 Å². The highest BCUT2D eigenvalue weighted by Gasteiger charge is 2.09. The third-order valence-electron chi connectivity index (χ3n) is 1.68. The van der Waals surface area contributed by atoms with Crippen LogP contribution in [0.1, 0.15) is 0 Å². The molecule has 0 aliphatic rings. The second-order valence-corrected chi connectivity index (χ2v) is 5.65. The van der Waals surface area contributed by atoms with E-state index in [1.807, 2.05) is 34.7 Å². The molecule has 0 aromatic carbocycles. The van der Waals surface area contributed by atoms with E-state index in [1.54, 1.807) is 6.20 Å². The summed E-state index contributed by atoms with van der Waals surface area (Å²) in [6.07, 6.45) is 3.09. The molecule has 0 aliphatic carbocycles. The predicted molar refractivity (Wildman–Crippen MR) is 73.6 cm³/mol. The molecule has 2 rings (SSSR count). The van der Waals surface area contributed by atoms with Gasteiger partial charge < -0.3 is 4.98 Å². The maximum atomic E-state index is 11.4. The lowest BCUT2D eigenvalue weighted by Crippen LogP contribution is -2.11. The topological polar surface area (TPSA) is 58.6 Å². The summed E-state index contributed by atoms with van der Waals surface area (Å²) in [5, 5.41) is 1.45. The molecule has 0 fully saturated rings. The summed E-state index contributed by atoms with van der Waals surface area (Å²) in [6.45, 7) is 0. The average Bonchev–Trinajstić information content (AvgIpc) is 2.28. The normalized spacial score (nSPS) is 10.4. The molecule has 1 N–H and O–H groups in total. The zero-order chi connectivity index (χ0) is 11.5. The molecular formula is C9H5BrIN3OS. The van der Waals surface area contributed by atoms with E-state index in [-0.39, 0.29) is 5.56 Å². The molecule has 0 saturated heterocycles. The highest BCUT2D eigenvalue weighted by atomic mass is 127. The lowest BCUT2D eigenvalue weighted by molar-refractivity contribution is 0.981. The Morgan fingerprint density at radius 1 is 1.38 bits per heavy atom. The zero-order valence-corrected chi connectivity index (χ0v) is 12.3. The van der Waals surface area contributed by atoms with Gasteiger partial charge in [0.15, 0.2) is 0 Å². The Balaban J connectivity index is 2.38. The van der Waals surface area contributed by atoms with Crippen LogP contribution in [0.4, 0.5) is 0 Å². The highest BCUT2D eigenvalue weighted by molar-refractivity contribution is 14.1. The van der Waals surface area contributed by atoms with Crippen molar-refractivity contribution in [1.82, 2.24) is 15.0 Å². The van der Waals surface area contributed by atoms with Crippen LogP contribution in [0.15, 0.2) is 44.0 Å². The van der Waals surface area contributed by atoms with Gasteiger partial charge >= 0.3 is 0 Å². The van der Waals surface area contributed by atoms with Crippen LogP contribution in [-0.4, -0.2) is 15.0 Å². The molecule has 0 radical (unpaired) electrons. The Hall–Kier alpha value is -0.410. The quantitative estimate of drug-likeness (QED) is 0.612. The number of halogens is 2. The van der Waals surface area contributed by atoms with E-state index in [0.29, 0.717) is 8.60 Å². The molecule has 0 bridgehead atoms. The third-order valence-corrected chi connectivity index (χ3v) is 4.97. The minimum absolute atomic E-state index is 0.134. The van der Waals surface area contributed by atoms with E-state index in [0.717, 1.165) is 9.50 Å². The monoisotopic (exact) mass is 409 g/mol. The van der Waals surface area contributed by atoms with Crippen molar-refractivity contribution < 1.29 is 0 Å². The number of nitrogens with one attached hydrogen (secondary N) is 1. The fourth-order valence-corrected chi connectivity index (χ4v) is 2.85. The maximum absolute atomic E-state index is 11.4. The summed E-state index contributed by atoms with van der Waals surface area (Å²) < 4.78 is 1.46. The van der Waals surface area contributed by atoms with Crippen molar-refractivity contribution in [2.75, 3.05) is 0 Å². The maximum Gasteiger partial charge on any atom is 0.265 e. The number of aromatic nitrogens is 3. The molecule has 0 amide bonds. The average molecular weight is 410 g/mol. The zero-order valence-electron chi connectivity index (χ0n) is 7.78. The summed E-state index contributed by atoms with van der Waals surface area (Å²) in [6, 6.07) is 3.74. The van der Waals surface area contributed by atoms with Crippen LogP contribution in [0.3, 0.4) is 0 Å². The largest absolute Gasteiger partial charge is 0.312 e. The Kier molecular flexibility index (Phi) is 3.98. The summed E-state index contributed by atoms with van der Waals surface area (Å²) in [5.74, 6) is 0. The van der Waals surface area contributed by atoms with Gasteiger partial charge in [-0.2, -0.15) is 0 Å². The molecule has 0 saturated carbocycles. The molecule has 0 unspecified atom stereocenters. The van der Waals surface area contributed by atoms with Crippen molar-refractivity contribution in [1.29, 1.82) is 0 Å². The summed E-state index contributed by atoms with van der Waals surface area (Å²) in [5.41, 5.74) is -0.134. The van der Waals surface area contributed by atoms with Crippen LogP contribution in [0.5, 0.6) is 0 Å². The molecule has 2 heterocycles. The van der Waals surface area contributed by atoms with E-state index in [1.165, 1.54) is 18.1 Å². The molecule has 4 nitrogen and oxygen atoms in total.